The lowest BCUT2D eigenvalue weighted by Gasteiger charge is -2.17. The van der Waals surface area contributed by atoms with Gasteiger partial charge in [0.15, 0.2) is 5.16 Å². The zero-order chi connectivity index (χ0) is 16.0. The minimum Gasteiger partial charge on any atom is -0.268 e. The third kappa shape index (κ3) is 2.42. The minimum atomic E-state index is 0.0811. The zero-order valence-corrected chi connectivity index (χ0v) is 14.8. The van der Waals surface area contributed by atoms with Crippen molar-refractivity contribution >= 4 is 33.3 Å². The van der Waals surface area contributed by atoms with Crippen molar-refractivity contribution in [3.63, 3.8) is 0 Å². The first kappa shape index (κ1) is 15.0. The van der Waals surface area contributed by atoms with Crippen LogP contribution < -0.4 is 5.56 Å². The van der Waals surface area contributed by atoms with Crippen LogP contribution in [-0.2, 0) is 12.8 Å². The van der Waals surface area contributed by atoms with Crippen LogP contribution in [0, 0.1) is 5.92 Å². The maximum absolute atomic E-state index is 13.2. The molecule has 0 saturated heterocycles. The minimum absolute atomic E-state index is 0.0811. The number of aryl methyl sites for hydroxylation is 1. The lowest BCUT2D eigenvalue weighted by atomic mass is 9.89. The van der Waals surface area contributed by atoms with Crippen LogP contribution in [0.3, 0.4) is 0 Å². The zero-order valence-electron chi connectivity index (χ0n) is 13.2. The molecule has 2 aromatic heterocycles. The van der Waals surface area contributed by atoms with Crippen molar-refractivity contribution < 1.29 is 0 Å². The predicted octanol–water partition coefficient (Wildman–Crippen LogP) is 4.29. The monoisotopic (exact) mass is 342 g/mol. The van der Waals surface area contributed by atoms with E-state index < -0.39 is 0 Å². The van der Waals surface area contributed by atoms with E-state index in [9.17, 15) is 4.79 Å². The van der Waals surface area contributed by atoms with Crippen molar-refractivity contribution in [3.8, 4) is 5.69 Å². The molecular weight excluding hydrogens is 324 g/mol. The molecule has 2 heterocycles. The molecule has 0 spiro atoms. The Morgan fingerprint density at radius 2 is 2.09 bits per heavy atom. The van der Waals surface area contributed by atoms with Crippen molar-refractivity contribution in [2.75, 3.05) is 6.26 Å². The number of benzene rings is 1. The molecular formula is C18H18N2OS2. The Hall–Kier alpha value is -1.59. The second-order valence-corrected chi connectivity index (χ2v) is 7.96. The molecule has 0 unspecified atom stereocenters. The number of hydrogen-bond donors (Lipinski definition) is 0. The van der Waals surface area contributed by atoms with Crippen molar-refractivity contribution in [3.05, 3.63) is 51.1 Å². The Kier molecular flexibility index (Phi) is 3.77. The molecule has 0 aliphatic heterocycles. The van der Waals surface area contributed by atoms with Gasteiger partial charge in [-0.15, -0.1) is 11.3 Å². The molecule has 1 aliphatic rings. The fourth-order valence-electron chi connectivity index (χ4n) is 3.31. The van der Waals surface area contributed by atoms with Gasteiger partial charge in [-0.1, -0.05) is 36.9 Å². The first-order valence-corrected chi connectivity index (χ1v) is 9.90. The summed E-state index contributed by atoms with van der Waals surface area (Å²) in [4.78, 5) is 20.3. The number of aromatic nitrogens is 2. The number of para-hydroxylation sites is 1. The second kappa shape index (κ2) is 5.80. The second-order valence-electron chi connectivity index (χ2n) is 6.11. The van der Waals surface area contributed by atoms with E-state index >= 15 is 0 Å². The van der Waals surface area contributed by atoms with Crippen molar-refractivity contribution in [1.29, 1.82) is 0 Å². The first-order chi connectivity index (χ1) is 11.2. The summed E-state index contributed by atoms with van der Waals surface area (Å²) in [5.41, 5.74) is 2.22. The van der Waals surface area contributed by atoms with E-state index in [1.54, 1.807) is 15.9 Å². The molecule has 0 saturated carbocycles. The molecule has 3 aromatic rings. The van der Waals surface area contributed by atoms with Crippen LogP contribution >= 0.6 is 23.1 Å². The van der Waals surface area contributed by atoms with Gasteiger partial charge in [-0.05, 0) is 49.1 Å². The highest BCUT2D eigenvalue weighted by Crippen LogP contribution is 2.36. The van der Waals surface area contributed by atoms with Gasteiger partial charge in [0.2, 0.25) is 0 Å². The van der Waals surface area contributed by atoms with Gasteiger partial charge < -0.3 is 0 Å². The molecule has 1 aromatic carbocycles. The van der Waals surface area contributed by atoms with Crippen LogP contribution in [0.4, 0.5) is 0 Å². The van der Waals surface area contributed by atoms with Gasteiger partial charge in [0, 0.05) is 4.88 Å². The maximum atomic E-state index is 13.2. The first-order valence-electron chi connectivity index (χ1n) is 7.85. The third-order valence-electron chi connectivity index (χ3n) is 4.50. The number of thioether (sulfide) groups is 1. The Labute approximate surface area is 143 Å². The van der Waals surface area contributed by atoms with Crippen molar-refractivity contribution in [2.45, 2.75) is 31.3 Å². The van der Waals surface area contributed by atoms with Crippen LogP contribution in [0.5, 0.6) is 0 Å². The standard InChI is InChI=1S/C18H18N2OS2/c1-11-8-9-13-14(10-11)23-16-15(13)17(21)20(18(19-16)22-2)12-6-4-3-5-7-12/h3-7,11H,8-10H2,1-2H3/t11-/m0/s1. The Bertz CT molecular complexity index is 928. The van der Waals surface area contributed by atoms with Crippen LogP contribution in [0.1, 0.15) is 23.8 Å². The molecule has 1 atom stereocenters. The maximum Gasteiger partial charge on any atom is 0.267 e. The van der Waals surface area contributed by atoms with E-state index in [1.165, 1.54) is 22.2 Å². The van der Waals surface area contributed by atoms with Gasteiger partial charge >= 0.3 is 0 Å². The summed E-state index contributed by atoms with van der Waals surface area (Å²) >= 11 is 3.24. The fraction of sp³-hybridized carbons (Fsp3) is 0.333. The van der Waals surface area contributed by atoms with Gasteiger partial charge in [-0.3, -0.25) is 9.36 Å². The summed E-state index contributed by atoms with van der Waals surface area (Å²) in [5.74, 6) is 0.701. The van der Waals surface area contributed by atoms with Crippen molar-refractivity contribution in [2.24, 2.45) is 5.92 Å². The van der Waals surface area contributed by atoms with Gasteiger partial charge in [-0.2, -0.15) is 0 Å². The van der Waals surface area contributed by atoms with Gasteiger partial charge in [0.1, 0.15) is 4.83 Å². The topological polar surface area (TPSA) is 34.9 Å². The fourth-order valence-corrected chi connectivity index (χ4v) is 5.30. The normalized spacial score (nSPS) is 17.4. The highest BCUT2D eigenvalue weighted by Gasteiger charge is 2.24. The van der Waals surface area contributed by atoms with Crippen LogP contribution in [0.15, 0.2) is 40.3 Å². The molecule has 1 aliphatic carbocycles. The van der Waals surface area contributed by atoms with E-state index in [1.807, 2.05) is 36.6 Å². The molecule has 4 rings (SSSR count). The largest absolute Gasteiger partial charge is 0.268 e. The smallest absolute Gasteiger partial charge is 0.267 e. The number of nitrogens with zero attached hydrogens (tertiary/aromatic N) is 2. The average Bonchev–Trinajstić information content (AvgIpc) is 2.92. The van der Waals surface area contributed by atoms with Crippen LogP contribution in [-0.4, -0.2) is 15.8 Å². The SMILES string of the molecule is CSc1nc2sc3c(c2c(=O)n1-c1ccccc1)CC[C@H](C)C3. The summed E-state index contributed by atoms with van der Waals surface area (Å²) in [6.07, 6.45) is 5.22. The summed E-state index contributed by atoms with van der Waals surface area (Å²) in [6, 6.07) is 9.82. The van der Waals surface area contributed by atoms with Crippen LogP contribution in [0.25, 0.3) is 15.9 Å². The Balaban J connectivity index is 2.04. The lowest BCUT2D eigenvalue weighted by molar-refractivity contribution is 0.509. The van der Waals surface area contributed by atoms with Crippen molar-refractivity contribution in [1.82, 2.24) is 9.55 Å². The van der Waals surface area contributed by atoms with E-state index in [-0.39, 0.29) is 5.56 Å². The molecule has 0 N–H and O–H groups in total. The number of rotatable bonds is 2. The van der Waals surface area contributed by atoms with E-state index in [0.29, 0.717) is 5.92 Å². The average molecular weight is 342 g/mol. The summed E-state index contributed by atoms with van der Waals surface area (Å²) in [5, 5.41) is 1.61. The third-order valence-corrected chi connectivity index (χ3v) is 6.28. The lowest BCUT2D eigenvalue weighted by Crippen LogP contribution is -2.22. The molecule has 0 amide bonds. The Morgan fingerprint density at radius 3 is 2.83 bits per heavy atom. The molecule has 3 nitrogen and oxygen atoms in total. The van der Waals surface area contributed by atoms with Gasteiger partial charge in [-0.25, -0.2) is 4.98 Å². The summed E-state index contributed by atoms with van der Waals surface area (Å²) < 4.78 is 1.76. The van der Waals surface area contributed by atoms with E-state index in [2.05, 4.69) is 6.92 Å². The quantitative estimate of drug-likeness (QED) is 0.515. The number of hydrogen-bond acceptors (Lipinski definition) is 4. The molecule has 0 bridgehead atoms. The molecule has 118 valence electrons. The molecule has 0 fully saturated rings. The highest BCUT2D eigenvalue weighted by molar-refractivity contribution is 7.98. The van der Waals surface area contributed by atoms with E-state index in [0.717, 1.165) is 40.3 Å². The van der Waals surface area contributed by atoms with Crippen LogP contribution in [0.2, 0.25) is 0 Å². The number of fused-ring (bicyclic) bond motifs is 3. The number of thiophene rings is 1. The predicted molar refractivity (Wildman–Crippen MR) is 98.2 cm³/mol. The summed E-state index contributed by atoms with van der Waals surface area (Å²) in [7, 11) is 0. The Morgan fingerprint density at radius 1 is 1.30 bits per heavy atom. The molecule has 5 heteroatoms. The molecule has 0 radical (unpaired) electrons. The van der Waals surface area contributed by atoms with E-state index in [4.69, 9.17) is 4.98 Å². The van der Waals surface area contributed by atoms with Gasteiger partial charge in [0.05, 0.1) is 11.1 Å². The summed E-state index contributed by atoms with van der Waals surface area (Å²) in [6.45, 7) is 2.29. The molecule has 23 heavy (non-hydrogen) atoms. The highest BCUT2D eigenvalue weighted by atomic mass is 32.2. The van der Waals surface area contributed by atoms with Gasteiger partial charge in [0.25, 0.3) is 5.56 Å².